The zero-order chi connectivity index (χ0) is 9.52. The molecule has 1 heterocycles. The van der Waals surface area contributed by atoms with Crippen LogP contribution in [0.4, 0.5) is 0 Å². The van der Waals surface area contributed by atoms with Gasteiger partial charge in [-0.15, -0.1) is 0 Å². The van der Waals surface area contributed by atoms with Crippen LogP contribution in [0.5, 0.6) is 0 Å². The Morgan fingerprint density at radius 1 is 1.58 bits per heavy atom. The number of rotatable bonds is 0. The third-order valence-corrected chi connectivity index (χ3v) is 2.29. The summed E-state index contributed by atoms with van der Waals surface area (Å²) in [6.07, 6.45) is 0.568. The fourth-order valence-electron chi connectivity index (χ4n) is 1.39. The molecular formula is C9H15NO2. The molecule has 1 fully saturated rings. The van der Waals surface area contributed by atoms with Crippen molar-refractivity contribution in [2.75, 3.05) is 0 Å². The van der Waals surface area contributed by atoms with E-state index in [0.717, 1.165) is 0 Å². The van der Waals surface area contributed by atoms with Gasteiger partial charge >= 0.3 is 0 Å². The first-order chi connectivity index (χ1) is 5.34. The predicted octanol–water partition coefficient (Wildman–Crippen LogP) is 1.78. The lowest BCUT2D eigenvalue weighted by Crippen LogP contribution is -2.30. The van der Waals surface area contributed by atoms with Crippen LogP contribution < -0.4 is 0 Å². The molecule has 3 heteroatoms. The first-order valence-electron chi connectivity index (χ1n) is 4.04. The van der Waals surface area contributed by atoms with E-state index in [2.05, 4.69) is 6.58 Å². The van der Waals surface area contributed by atoms with Crippen LogP contribution in [0.3, 0.4) is 0 Å². The normalized spacial score (nSPS) is 25.3. The van der Waals surface area contributed by atoms with Crippen molar-refractivity contribution < 1.29 is 10.0 Å². The molecule has 0 spiro atoms. The van der Waals surface area contributed by atoms with E-state index in [9.17, 15) is 10.0 Å². The van der Waals surface area contributed by atoms with Crippen LogP contribution in [0.1, 0.15) is 27.2 Å². The van der Waals surface area contributed by atoms with Gasteiger partial charge in [-0.2, -0.15) is 5.06 Å². The molecule has 0 aromatic heterocycles. The highest BCUT2D eigenvalue weighted by Gasteiger charge is 2.41. The molecule has 0 aromatic rings. The molecule has 0 bridgehead atoms. The maximum absolute atomic E-state index is 11.4. The van der Waals surface area contributed by atoms with Gasteiger partial charge in [-0.1, -0.05) is 27.4 Å². The van der Waals surface area contributed by atoms with E-state index in [1.54, 1.807) is 0 Å². The standard InChI is InChI=1S/C9H15NO2/c1-6-5-7(9(2,3)4)8(11)10(6)12/h7,12H,1,5H2,2-4H3. The molecule has 1 aliphatic rings. The topological polar surface area (TPSA) is 40.5 Å². The first kappa shape index (κ1) is 9.26. The van der Waals surface area contributed by atoms with Crippen molar-refractivity contribution in [1.29, 1.82) is 0 Å². The first-order valence-corrected chi connectivity index (χ1v) is 4.04. The van der Waals surface area contributed by atoms with Gasteiger partial charge in [0.15, 0.2) is 0 Å². The van der Waals surface area contributed by atoms with E-state index in [0.29, 0.717) is 17.2 Å². The summed E-state index contributed by atoms with van der Waals surface area (Å²) >= 11 is 0. The quantitative estimate of drug-likeness (QED) is 0.561. The van der Waals surface area contributed by atoms with E-state index >= 15 is 0 Å². The van der Waals surface area contributed by atoms with Crippen LogP contribution in [-0.4, -0.2) is 16.2 Å². The van der Waals surface area contributed by atoms with Crippen LogP contribution in [0.2, 0.25) is 0 Å². The Bertz CT molecular complexity index is 227. The number of amides is 1. The largest absolute Gasteiger partial charge is 0.281 e. The van der Waals surface area contributed by atoms with Crippen molar-refractivity contribution in [2.45, 2.75) is 27.2 Å². The van der Waals surface area contributed by atoms with Crippen LogP contribution >= 0.6 is 0 Å². The molecule has 68 valence electrons. The number of allylic oxidation sites excluding steroid dienone is 1. The summed E-state index contributed by atoms with van der Waals surface area (Å²) in [5.74, 6) is -0.359. The zero-order valence-corrected chi connectivity index (χ0v) is 7.79. The van der Waals surface area contributed by atoms with Crippen LogP contribution in [0.25, 0.3) is 0 Å². The van der Waals surface area contributed by atoms with Crippen molar-refractivity contribution in [3.63, 3.8) is 0 Å². The molecule has 1 unspecified atom stereocenters. The lowest BCUT2D eigenvalue weighted by Gasteiger charge is -2.23. The fraction of sp³-hybridized carbons (Fsp3) is 0.667. The average molecular weight is 169 g/mol. The van der Waals surface area contributed by atoms with Gasteiger partial charge < -0.3 is 0 Å². The van der Waals surface area contributed by atoms with Crippen LogP contribution in [0.15, 0.2) is 12.3 Å². The Labute approximate surface area is 72.6 Å². The predicted molar refractivity (Wildman–Crippen MR) is 45.3 cm³/mol. The van der Waals surface area contributed by atoms with Gasteiger partial charge in [0.25, 0.3) is 5.91 Å². The highest BCUT2D eigenvalue weighted by Crippen LogP contribution is 2.37. The number of hydroxylamine groups is 2. The number of nitrogens with zero attached hydrogens (tertiary/aromatic N) is 1. The molecular weight excluding hydrogens is 154 g/mol. The number of carbonyl (C=O) groups excluding carboxylic acids is 1. The van der Waals surface area contributed by atoms with E-state index in [4.69, 9.17) is 0 Å². The molecule has 3 nitrogen and oxygen atoms in total. The third kappa shape index (κ3) is 1.37. The van der Waals surface area contributed by atoms with Gasteiger partial charge in [-0.3, -0.25) is 10.0 Å². The zero-order valence-electron chi connectivity index (χ0n) is 7.79. The molecule has 0 saturated carbocycles. The molecule has 1 atom stereocenters. The van der Waals surface area contributed by atoms with Crippen molar-refractivity contribution in [3.05, 3.63) is 12.3 Å². The second-order valence-corrected chi connectivity index (χ2v) is 4.34. The lowest BCUT2D eigenvalue weighted by atomic mass is 9.79. The summed E-state index contributed by atoms with van der Waals surface area (Å²) < 4.78 is 0. The van der Waals surface area contributed by atoms with Gasteiger partial charge in [0, 0.05) is 12.1 Å². The van der Waals surface area contributed by atoms with Gasteiger partial charge in [0.2, 0.25) is 0 Å². The maximum atomic E-state index is 11.4. The molecule has 1 rings (SSSR count). The highest BCUT2D eigenvalue weighted by atomic mass is 16.5. The van der Waals surface area contributed by atoms with Crippen LogP contribution in [-0.2, 0) is 4.79 Å². The summed E-state index contributed by atoms with van der Waals surface area (Å²) in [7, 11) is 0. The Morgan fingerprint density at radius 3 is 2.25 bits per heavy atom. The summed E-state index contributed by atoms with van der Waals surface area (Å²) in [4.78, 5) is 11.4. The minimum absolute atomic E-state index is 0.0997. The Kier molecular flexibility index (Phi) is 2.00. The summed E-state index contributed by atoms with van der Waals surface area (Å²) in [5.41, 5.74) is 0.400. The molecule has 0 radical (unpaired) electrons. The molecule has 12 heavy (non-hydrogen) atoms. The highest BCUT2D eigenvalue weighted by molar-refractivity contribution is 5.83. The number of carbonyl (C=O) groups is 1. The van der Waals surface area contributed by atoms with Gasteiger partial charge in [-0.05, 0) is 5.41 Å². The second-order valence-electron chi connectivity index (χ2n) is 4.34. The van der Waals surface area contributed by atoms with Gasteiger partial charge in [0.1, 0.15) is 0 Å². The Morgan fingerprint density at radius 2 is 2.08 bits per heavy atom. The number of hydrogen-bond acceptors (Lipinski definition) is 2. The average Bonchev–Trinajstić information content (AvgIpc) is 2.15. The lowest BCUT2D eigenvalue weighted by molar-refractivity contribution is -0.157. The molecule has 1 saturated heterocycles. The summed E-state index contributed by atoms with van der Waals surface area (Å²) in [5, 5.41) is 9.86. The third-order valence-electron chi connectivity index (χ3n) is 2.29. The van der Waals surface area contributed by atoms with Crippen LogP contribution in [0, 0.1) is 11.3 Å². The van der Waals surface area contributed by atoms with Gasteiger partial charge in [-0.25, -0.2) is 0 Å². The minimum Gasteiger partial charge on any atom is -0.281 e. The molecule has 1 amide bonds. The second kappa shape index (κ2) is 2.59. The smallest absolute Gasteiger partial charge is 0.254 e. The van der Waals surface area contributed by atoms with E-state index in [-0.39, 0.29) is 17.2 Å². The van der Waals surface area contributed by atoms with E-state index in [1.165, 1.54) is 0 Å². The van der Waals surface area contributed by atoms with Crippen molar-refractivity contribution in [3.8, 4) is 0 Å². The summed E-state index contributed by atoms with van der Waals surface area (Å²) in [6, 6.07) is 0. The SMILES string of the molecule is C=C1CC(C(C)(C)C)C(=O)N1O. The molecule has 0 aromatic carbocycles. The minimum atomic E-state index is -0.229. The van der Waals surface area contributed by atoms with Crippen molar-refractivity contribution in [1.82, 2.24) is 5.06 Å². The fourth-order valence-corrected chi connectivity index (χ4v) is 1.39. The Balaban J connectivity index is 2.86. The molecule has 1 N–H and O–H groups in total. The number of hydrogen-bond donors (Lipinski definition) is 1. The monoisotopic (exact) mass is 169 g/mol. The van der Waals surface area contributed by atoms with Crippen molar-refractivity contribution >= 4 is 5.91 Å². The Hall–Kier alpha value is -0.830. The van der Waals surface area contributed by atoms with E-state index in [1.807, 2.05) is 20.8 Å². The molecule has 0 aliphatic carbocycles. The summed E-state index contributed by atoms with van der Waals surface area (Å²) in [6.45, 7) is 9.57. The van der Waals surface area contributed by atoms with Crippen molar-refractivity contribution in [2.24, 2.45) is 11.3 Å². The van der Waals surface area contributed by atoms with Gasteiger partial charge in [0.05, 0.1) is 5.92 Å². The van der Waals surface area contributed by atoms with E-state index < -0.39 is 0 Å². The molecule has 1 aliphatic heterocycles. The maximum Gasteiger partial charge on any atom is 0.254 e.